The Morgan fingerprint density at radius 3 is 2.37 bits per heavy atom. The van der Waals surface area contributed by atoms with E-state index >= 15 is 0 Å². The summed E-state index contributed by atoms with van der Waals surface area (Å²) in [5.74, 6) is -0.333. The van der Waals surface area contributed by atoms with Gasteiger partial charge in [0.1, 0.15) is 0 Å². The first kappa shape index (κ1) is 14.3. The molecule has 2 aromatic carbocycles. The van der Waals surface area contributed by atoms with Crippen LogP contribution in [-0.2, 0) is 5.75 Å². The summed E-state index contributed by atoms with van der Waals surface area (Å²) in [6, 6.07) is 12.2. The fourth-order valence-corrected chi connectivity index (χ4v) is 3.24. The summed E-state index contributed by atoms with van der Waals surface area (Å²) >= 11 is 13.7. The molecule has 2 nitrogen and oxygen atoms in total. The normalized spacial score (nSPS) is 10.4. The molecule has 0 aromatic heterocycles. The van der Waals surface area contributed by atoms with Gasteiger partial charge in [0.15, 0.2) is 0 Å². The van der Waals surface area contributed by atoms with Crippen LogP contribution in [0.2, 0.25) is 10.0 Å². The molecule has 0 spiro atoms. The lowest BCUT2D eigenvalue weighted by Crippen LogP contribution is -1.95. The molecule has 0 fully saturated rings. The van der Waals surface area contributed by atoms with E-state index in [4.69, 9.17) is 28.3 Å². The molecule has 19 heavy (non-hydrogen) atoms. The Hall–Kier alpha value is -1.16. The number of benzene rings is 2. The Labute approximate surface area is 125 Å². The molecule has 0 aliphatic carbocycles. The van der Waals surface area contributed by atoms with E-state index in [0.717, 1.165) is 10.5 Å². The van der Waals surface area contributed by atoms with Gasteiger partial charge < -0.3 is 5.11 Å². The molecule has 0 aliphatic rings. The van der Waals surface area contributed by atoms with Crippen molar-refractivity contribution < 1.29 is 9.90 Å². The summed E-state index contributed by atoms with van der Waals surface area (Å²) in [6.07, 6.45) is 0. The lowest BCUT2D eigenvalue weighted by Gasteiger charge is -2.07. The van der Waals surface area contributed by atoms with Gasteiger partial charge in [0.2, 0.25) is 0 Å². The van der Waals surface area contributed by atoms with Gasteiger partial charge in [-0.25, -0.2) is 4.79 Å². The highest BCUT2D eigenvalue weighted by atomic mass is 35.5. The zero-order valence-corrected chi connectivity index (χ0v) is 12.1. The second-order valence-electron chi connectivity index (χ2n) is 3.82. The van der Waals surface area contributed by atoms with Gasteiger partial charge in [0, 0.05) is 20.7 Å². The molecule has 0 amide bonds. The number of thioether (sulfide) groups is 1. The minimum Gasteiger partial charge on any atom is -0.478 e. The van der Waals surface area contributed by atoms with Gasteiger partial charge in [-0.1, -0.05) is 35.3 Å². The summed E-state index contributed by atoms with van der Waals surface area (Å²) in [5, 5.41) is 10.2. The maximum Gasteiger partial charge on any atom is 0.335 e. The average Bonchev–Trinajstić information content (AvgIpc) is 2.38. The summed E-state index contributed by atoms with van der Waals surface area (Å²) in [4.78, 5) is 11.8. The van der Waals surface area contributed by atoms with E-state index in [9.17, 15) is 4.79 Å². The Kier molecular flexibility index (Phi) is 4.75. The lowest BCUT2D eigenvalue weighted by molar-refractivity contribution is 0.0696. The van der Waals surface area contributed by atoms with E-state index < -0.39 is 5.97 Å². The molecule has 2 rings (SSSR count). The van der Waals surface area contributed by atoms with E-state index in [1.54, 1.807) is 36.4 Å². The standard InChI is InChI=1S/C14H10Cl2O2S/c15-12-5-2-6-13(16)11(12)8-19-10-4-1-3-9(7-10)14(17)18/h1-7H,8H2,(H,17,18). The summed E-state index contributed by atoms with van der Waals surface area (Å²) in [7, 11) is 0. The van der Waals surface area contributed by atoms with E-state index in [-0.39, 0.29) is 5.56 Å². The highest BCUT2D eigenvalue weighted by molar-refractivity contribution is 7.98. The molecule has 0 aliphatic heterocycles. The molecule has 0 saturated carbocycles. The first-order valence-electron chi connectivity index (χ1n) is 5.47. The van der Waals surface area contributed by atoms with Crippen molar-refractivity contribution in [3.8, 4) is 0 Å². The van der Waals surface area contributed by atoms with Gasteiger partial charge in [0.05, 0.1) is 5.56 Å². The molecular weight excluding hydrogens is 303 g/mol. The van der Waals surface area contributed by atoms with Gasteiger partial charge in [-0.3, -0.25) is 0 Å². The molecule has 0 saturated heterocycles. The van der Waals surface area contributed by atoms with Crippen LogP contribution in [0.3, 0.4) is 0 Å². The van der Waals surface area contributed by atoms with Crippen LogP contribution in [0.25, 0.3) is 0 Å². The number of halogens is 2. The second-order valence-corrected chi connectivity index (χ2v) is 5.69. The number of carbonyl (C=O) groups is 1. The van der Waals surface area contributed by atoms with Crippen LogP contribution in [0.15, 0.2) is 47.4 Å². The van der Waals surface area contributed by atoms with E-state index in [1.165, 1.54) is 11.8 Å². The van der Waals surface area contributed by atoms with Crippen molar-refractivity contribution >= 4 is 40.9 Å². The molecule has 0 atom stereocenters. The molecule has 0 radical (unpaired) electrons. The molecule has 0 heterocycles. The van der Waals surface area contributed by atoms with Crippen molar-refractivity contribution in [2.24, 2.45) is 0 Å². The van der Waals surface area contributed by atoms with Gasteiger partial charge in [-0.05, 0) is 35.9 Å². The van der Waals surface area contributed by atoms with Crippen LogP contribution in [-0.4, -0.2) is 11.1 Å². The first-order chi connectivity index (χ1) is 9.08. The van der Waals surface area contributed by atoms with Crippen molar-refractivity contribution in [2.75, 3.05) is 0 Å². The van der Waals surface area contributed by atoms with Gasteiger partial charge >= 0.3 is 5.97 Å². The molecule has 5 heteroatoms. The van der Waals surface area contributed by atoms with Crippen molar-refractivity contribution in [2.45, 2.75) is 10.6 Å². The zero-order chi connectivity index (χ0) is 13.8. The number of carboxylic acids is 1. The van der Waals surface area contributed by atoms with Crippen LogP contribution in [0, 0.1) is 0 Å². The van der Waals surface area contributed by atoms with E-state index in [2.05, 4.69) is 0 Å². The molecule has 1 N–H and O–H groups in total. The monoisotopic (exact) mass is 312 g/mol. The summed E-state index contributed by atoms with van der Waals surface area (Å²) < 4.78 is 0. The molecular formula is C14H10Cl2O2S. The highest BCUT2D eigenvalue weighted by Crippen LogP contribution is 2.31. The van der Waals surface area contributed by atoms with Crippen molar-refractivity contribution in [1.82, 2.24) is 0 Å². The zero-order valence-electron chi connectivity index (χ0n) is 9.77. The van der Waals surface area contributed by atoms with Gasteiger partial charge in [0.25, 0.3) is 0 Å². The minimum atomic E-state index is -0.932. The SMILES string of the molecule is O=C(O)c1cccc(SCc2c(Cl)cccc2Cl)c1. The van der Waals surface area contributed by atoms with Crippen LogP contribution in [0.1, 0.15) is 15.9 Å². The largest absolute Gasteiger partial charge is 0.478 e. The van der Waals surface area contributed by atoms with Crippen LogP contribution >= 0.6 is 35.0 Å². The molecule has 2 aromatic rings. The predicted octanol–water partition coefficient (Wildman–Crippen LogP) is 4.98. The number of hydrogen-bond donors (Lipinski definition) is 1. The van der Waals surface area contributed by atoms with Crippen molar-refractivity contribution in [1.29, 1.82) is 0 Å². The first-order valence-corrected chi connectivity index (χ1v) is 7.21. The maximum absolute atomic E-state index is 10.9. The number of carboxylic acid groups (broad SMARTS) is 1. The number of aromatic carboxylic acids is 1. The van der Waals surface area contributed by atoms with E-state index in [0.29, 0.717) is 15.8 Å². The summed E-state index contributed by atoms with van der Waals surface area (Å²) in [5.41, 5.74) is 1.13. The summed E-state index contributed by atoms with van der Waals surface area (Å²) in [6.45, 7) is 0. The van der Waals surface area contributed by atoms with Crippen molar-refractivity contribution in [3.05, 3.63) is 63.6 Å². The Bertz CT molecular complexity index is 594. The molecule has 0 unspecified atom stereocenters. The Morgan fingerprint density at radius 2 is 1.74 bits per heavy atom. The number of rotatable bonds is 4. The van der Waals surface area contributed by atoms with Gasteiger partial charge in [-0.2, -0.15) is 0 Å². The average molecular weight is 313 g/mol. The topological polar surface area (TPSA) is 37.3 Å². The maximum atomic E-state index is 10.9. The molecule has 98 valence electrons. The predicted molar refractivity (Wildman–Crippen MR) is 79.4 cm³/mol. The minimum absolute atomic E-state index is 0.273. The fraction of sp³-hybridized carbons (Fsp3) is 0.0714. The van der Waals surface area contributed by atoms with Crippen LogP contribution < -0.4 is 0 Å². The lowest BCUT2D eigenvalue weighted by atomic mass is 10.2. The Morgan fingerprint density at radius 1 is 1.11 bits per heavy atom. The second kappa shape index (κ2) is 6.33. The highest BCUT2D eigenvalue weighted by Gasteiger charge is 2.07. The Balaban J connectivity index is 2.15. The smallest absolute Gasteiger partial charge is 0.335 e. The van der Waals surface area contributed by atoms with Crippen LogP contribution in [0.4, 0.5) is 0 Å². The van der Waals surface area contributed by atoms with E-state index in [1.807, 2.05) is 6.07 Å². The van der Waals surface area contributed by atoms with Crippen molar-refractivity contribution in [3.63, 3.8) is 0 Å². The van der Waals surface area contributed by atoms with Gasteiger partial charge in [-0.15, -0.1) is 11.8 Å². The third-order valence-corrected chi connectivity index (χ3v) is 4.25. The fourth-order valence-electron chi connectivity index (χ4n) is 1.54. The quantitative estimate of drug-likeness (QED) is 0.809. The molecule has 0 bridgehead atoms. The van der Waals surface area contributed by atoms with Crippen LogP contribution in [0.5, 0.6) is 0 Å². The third-order valence-electron chi connectivity index (χ3n) is 2.53. The third kappa shape index (κ3) is 3.66. The number of hydrogen-bond acceptors (Lipinski definition) is 2.